The Morgan fingerprint density at radius 3 is 2.26 bits per heavy atom. The van der Waals surface area contributed by atoms with Crippen LogP contribution in [0.1, 0.15) is 16.7 Å². The molecule has 0 fully saturated rings. The molecular weight excluding hydrogens is 232 g/mol. The zero-order valence-corrected chi connectivity index (χ0v) is 12.0. The first kappa shape index (κ1) is 13.6. The summed E-state index contributed by atoms with van der Waals surface area (Å²) in [4.78, 5) is 2.34. The molecule has 0 atom stereocenters. The van der Waals surface area contributed by atoms with E-state index < -0.39 is 0 Å². The minimum absolute atomic E-state index is 0.970. The molecule has 0 amide bonds. The zero-order valence-electron chi connectivity index (χ0n) is 12.0. The van der Waals surface area contributed by atoms with Crippen LogP contribution in [-0.2, 0) is 13.1 Å². The summed E-state index contributed by atoms with van der Waals surface area (Å²) in [5, 5.41) is 3.14. The summed E-state index contributed by atoms with van der Waals surface area (Å²) in [7, 11) is 4.10. The molecule has 19 heavy (non-hydrogen) atoms. The lowest BCUT2D eigenvalue weighted by Crippen LogP contribution is -2.17. The maximum absolute atomic E-state index is 3.14. The maximum Gasteiger partial charge on any atom is 0.0337 e. The Kier molecular flexibility index (Phi) is 4.58. The number of nitrogens with zero attached hydrogens (tertiary/aromatic N) is 1. The highest BCUT2D eigenvalue weighted by molar-refractivity contribution is 5.43. The van der Waals surface area contributed by atoms with Gasteiger partial charge in [0.2, 0.25) is 0 Å². The van der Waals surface area contributed by atoms with E-state index in [4.69, 9.17) is 0 Å². The van der Waals surface area contributed by atoms with Crippen molar-refractivity contribution in [3.8, 4) is 0 Å². The lowest BCUT2D eigenvalue weighted by molar-refractivity contribution is 0.319. The standard InChI is InChI=1S/C17H22N2/c1-14-5-4-6-16(11-14)13-19(3)12-15-7-9-17(18-2)10-8-15/h4-11,18H,12-13H2,1-3H3. The third kappa shape index (κ3) is 4.11. The normalized spacial score (nSPS) is 10.7. The second-order valence-corrected chi connectivity index (χ2v) is 5.11. The molecule has 0 aromatic heterocycles. The molecule has 0 aliphatic carbocycles. The van der Waals surface area contributed by atoms with Gasteiger partial charge in [0.25, 0.3) is 0 Å². The van der Waals surface area contributed by atoms with Crippen LogP contribution in [0, 0.1) is 6.92 Å². The molecule has 2 aromatic carbocycles. The Hall–Kier alpha value is -1.80. The van der Waals surface area contributed by atoms with Crippen LogP contribution in [0.5, 0.6) is 0 Å². The molecule has 1 N–H and O–H groups in total. The van der Waals surface area contributed by atoms with Gasteiger partial charge < -0.3 is 5.32 Å². The first-order valence-electron chi connectivity index (χ1n) is 6.68. The van der Waals surface area contributed by atoms with Crippen LogP contribution in [0.25, 0.3) is 0 Å². The van der Waals surface area contributed by atoms with E-state index in [9.17, 15) is 0 Å². The monoisotopic (exact) mass is 254 g/mol. The maximum atomic E-state index is 3.14. The van der Waals surface area contributed by atoms with Crippen LogP contribution in [0.3, 0.4) is 0 Å². The van der Waals surface area contributed by atoms with Crippen molar-refractivity contribution >= 4 is 5.69 Å². The van der Waals surface area contributed by atoms with Crippen molar-refractivity contribution in [1.29, 1.82) is 0 Å². The summed E-state index contributed by atoms with van der Waals surface area (Å²) >= 11 is 0. The molecule has 0 radical (unpaired) electrons. The van der Waals surface area contributed by atoms with Crippen LogP contribution in [0.15, 0.2) is 48.5 Å². The Balaban J connectivity index is 1.95. The molecule has 0 aliphatic heterocycles. The van der Waals surface area contributed by atoms with Crippen molar-refractivity contribution in [3.63, 3.8) is 0 Å². The number of anilines is 1. The molecule has 0 bridgehead atoms. The molecule has 0 spiro atoms. The number of aryl methyl sites for hydroxylation is 1. The Bertz CT molecular complexity index is 517. The van der Waals surface area contributed by atoms with Gasteiger partial charge in [-0.05, 0) is 37.2 Å². The summed E-state index contributed by atoms with van der Waals surface area (Å²) in [6.45, 7) is 4.09. The number of rotatable bonds is 5. The van der Waals surface area contributed by atoms with Gasteiger partial charge >= 0.3 is 0 Å². The van der Waals surface area contributed by atoms with E-state index in [0.717, 1.165) is 18.8 Å². The summed E-state index contributed by atoms with van der Waals surface area (Å²) in [6.07, 6.45) is 0. The van der Waals surface area contributed by atoms with Crippen LogP contribution >= 0.6 is 0 Å². The minimum Gasteiger partial charge on any atom is -0.388 e. The van der Waals surface area contributed by atoms with Crippen molar-refractivity contribution in [1.82, 2.24) is 4.90 Å². The molecular formula is C17H22N2. The van der Waals surface area contributed by atoms with Gasteiger partial charge in [0.15, 0.2) is 0 Å². The van der Waals surface area contributed by atoms with Gasteiger partial charge in [0, 0.05) is 25.8 Å². The van der Waals surface area contributed by atoms with Gasteiger partial charge in [0.05, 0.1) is 0 Å². The molecule has 0 heterocycles. The highest BCUT2D eigenvalue weighted by Crippen LogP contribution is 2.12. The minimum atomic E-state index is 0.970. The van der Waals surface area contributed by atoms with Crippen LogP contribution in [0.4, 0.5) is 5.69 Å². The molecule has 2 rings (SSSR count). The molecule has 2 aromatic rings. The fraction of sp³-hybridized carbons (Fsp3) is 0.294. The molecule has 0 saturated carbocycles. The topological polar surface area (TPSA) is 15.3 Å². The second-order valence-electron chi connectivity index (χ2n) is 5.11. The van der Waals surface area contributed by atoms with Gasteiger partial charge in [-0.25, -0.2) is 0 Å². The zero-order chi connectivity index (χ0) is 13.7. The van der Waals surface area contributed by atoms with E-state index in [1.165, 1.54) is 16.7 Å². The van der Waals surface area contributed by atoms with Crippen molar-refractivity contribution in [2.45, 2.75) is 20.0 Å². The van der Waals surface area contributed by atoms with Gasteiger partial charge in [-0.15, -0.1) is 0 Å². The molecule has 2 nitrogen and oxygen atoms in total. The summed E-state index contributed by atoms with van der Waals surface area (Å²) in [5.41, 5.74) is 5.19. The van der Waals surface area contributed by atoms with E-state index in [1.807, 2.05) is 7.05 Å². The van der Waals surface area contributed by atoms with Gasteiger partial charge in [-0.2, -0.15) is 0 Å². The second kappa shape index (κ2) is 6.39. The fourth-order valence-corrected chi connectivity index (χ4v) is 2.27. The largest absolute Gasteiger partial charge is 0.388 e. The Morgan fingerprint density at radius 1 is 0.947 bits per heavy atom. The highest BCUT2D eigenvalue weighted by atomic mass is 15.1. The lowest BCUT2D eigenvalue weighted by atomic mass is 10.1. The third-order valence-corrected chi connectivity index (χ3v) is 3.23. The van der Waals surface area contributed by atoms with Crippen LogP contribution < -0.4 is 5.32 Å². The number of nitrogens with one attached hydrogen (secondary N) is 1. The Labute approximate surface area is 116 Å². The van der Waals surface area contributed by atoms with E-state index in [1.54, 1.807) is 0 Å². The van der Waals surface area contributed by atoms with E-state index in [-0.39, 0.29) is 0 Å². The summed E-state index contributed by atoms with van der Waals surface area (Å²) in [5.74, 6) is 0. The fourth-order valence-electron chi connectivity index (χ4n) is 2.27. The van der Waals surface area contributed by atoms with Crippen molar-refractivity contribution in [2.24, 2.45) is 0 Å². The molecule has 0 aliphatic rings. The third-order valence-electron chi connectivity index (χ3n) is 3.23. The molecule has 0 saturated heterocycles. The van der Waals surface area contributed by atoms with E-state index in [2.05, 4.69) is 72.7 Å². The smallest absolute Gasteiger partial charge is 0.0337 e. The summed E-state index contributed by atoms with van der Waals surface area (Å²) < 4.78 is 0. The number of hydrogen-bond donors (Lipinski definition) is 1. The summed E-state index contributed by atoms with van der Waals surface area (Å²) in [6, 6.07) is 17.3. The predicted molar refractivity (Wildman–Crippen MR) is 82.3 cm³/mol. The van der Waals surface area contributed by atoms with Gasteiger partial charge in [-0.3, -0.25) is 4.90 Å². The first-order chi connectivity index (χ1) is 9.17. The molecule has 2 heteroatoms. The first-order valence-corrected chi connectivity index (χ1v) is 6.68. The van der Waals surface area contributed by atoms with Gasteiger partial charge in [0.1, 0.15) is 0 Å². The van der Waals surface area contributed by atoms with Crippen molar-refractivity contribution in [3.05, 3.63) is 65.2 Å². The van der Waals surface area contributed by atoms with Crippen molar-refractivity contribution in [2.75, 3.05) is 19.4 Å². The lowest BCUT2D eigenvalue weighted by Gasteiger charge is -2.17. The number of hydrogen-bond acceptors (Lipinski definition) is 2. The van der Waals surface area contributed by atoms with Crippen molar-refractivity contribution < 1.29 is 0 Å². The number of benzene rings is 2. The molecule has 100 valence electrons. The Morgan fingerprint density at radius 2 is 1.63 bits per heavy atom. The average molecular weight is 254 g/mol. The van der Waals surface area contributed by atoms with Crippen LogP contribution in [0.2, 0.25) is 0 Å². The predicted octanol–water partition coefficient (Wildman–Crippen LogP) is 3.67. The highest BCUT2D eigenvalue weighted by Gasteiger charge is 2.02. The van der Waals surface area contributed by atoms with E-state index >= 15 is 0 Å². The van der Waals surface area contributed by atoms with Crippen LogP contribution in [-0.4, -0.2) is 19.0 Å². The molecule has 0 unspecified atom stereocenters. The van der Waals surface area contributed by atoms with E-state index in [0.29, 0.717) is 0 Å². The van der Waals surface area contributed by atoms with Gasteiger partial charge in [-0.1, -0.05) is 42.0 Å². The SMILES string of the molecule is CNc1ccc(CN(C)Cc2cccc(C)c2)cc1. The quantitative estimate of drug-likeness (QED) is 0.876. The average Bonchev–Trinajstić information content (AvgIpc) is 2.39.